The predicted octanol–water partition coefficient (Wildman–Crippen LogP) is 5.47. The van der Waals surface area contributed by atoms with Crippen LogP contribution in [0.25, 0.3) is 0 Å². The van der Waals surface area contributed by atoms with Gasteiger partial charge in [0, 0.05) is 17.3 Å². The Morgan fingerprint density at radius 3 is 2.20 bits per heavy atom. The molecule has 3 nitrogen and oxygen atoms in total. The highest BCUT2D eigenvalue weighted by molar-refractivity contribution is 6.51. The van der Waals surface area contributed by atoms with Gasteiger partial charge in [0.05, 0.1) is 11.2 Å². The van der Waals surface area contributed by atoms with Gasteiger partial charge >= 0.3 is 7.12 Å². The van der Waals surface area contributed by atoms with E-state index in [9.17, 15) is 4.79 Å². The molecule has 0 radical (unpaired) electrons. The largest absolute Gasteiger partial charge is 0.468 e. The SMILES string of the molecule is CCC/C=C/[C@](C)(CC(=O)c1ccccc1)B1OC(C)(C)C(C)(C)O1. The predicted molar refractivity (Wildman–Crippen MR) is 104 cm³/mol. The number of benzene rings is 1. The zero-order chi connectivity index (χ0) is 18.7. The Morgan fingerprint density at radius 1 is 1.12 bits per heavy atom. The lowest BCUT2D eigenvalue weighted by atomic mass is 9.55. The van der Waals surface area contributed by atoms with Crippen LogP contribution in [0.2, 0.25) is 5.31 Å². The quantitative estimate of drug-likeness (QED) is 0.374. The molecule has 1 aliphatic heterocycles. The van der Waals surface area contributed by atoms with Gasteiger partial charge in [0.2, 0.25) is 0 Å². The minimum atomic E-state index is -0.507. The van der Waals surface area contributed by atoms with Crippen LogP contribution in [0.1, 0.15) is 71.2 Å². The Labute approximate surface area is 152 Å². The molecule has 25 heavy (non-hydrogen) atoms. The third-order valence-electron chi connectivity index (χ3n) is 5.38. The van der Waals surface area contributed by atoms with E-state index in [0.717, 1.165) is 18.4 Å². The van der Waals surface area contributed by atoms with Crippen molar-refractivity contribution in [2.75, 3.05) is 0 Å². The summed E-state index contributed by atoms with van der Waals surface area (Å²) in [6.45, 7) is 12.4. The van der Waals surface area contributed by atoms with Gasteiger partial charge in [-0.05, 0) is 34.1 Å². The highest BCUT2D eigenvalue weighted by Gasteiger charge is 2.57. The van der Waals surface area contributed by atoms with Crippen LogP contribution in [0.5, 0.6) is 0 Å². The Balaban J connectivity index is 2.27. The van der Waals surface area contributed by atoms with Crippen LogP contribution in [0.3, 0.4) is 0 Å². The number of hydrogen-bond acceptors (Lipinski definition) is 3. The van der Waals surface area contributed by atoms with E-state index < -0.39 is 23.6 Å². The average Bonchev–Trinajstić information content (AvgIpc) is 2.77. The fourth-order valence-corrected chi connectivity index (χ4v) is 2.92. The molecule has 2 rings (SSSR count). The zero-order valence-electron chi connectivity index (χ0n) is 16.5. The molecular formula is C21H31BO3. The van der Waals surface area contributed by atoms with Crippen molar-refractivity contribution in [3.05, 3.63) is 48.0 Å². The second-order valence-electron chi connectivity index (χ2n) is 8.25. The molecule has 0 N–H and O–H groups in total. The lowest BCUT2D eigenvalue weighted by Gasteiger charge is -2.32. The first-order chi connectivity index (χ1) is 11.6. The fourth-order valence-electron chi connectivity index (χ4n) is 2.92. The minimum Gasteiger partial charge on any atom is -0.403 e. The Bertz CT molecular complexity index is 605. The summed E-state index contributed by atoms with van der Waals surface area (Å²) in [6, 6.07) is 9.44. The van der Waals surface area contributed by atoms with Crippen molar-refractivity contribution in [1.29, 1.82) is 0 Å². The van der Waals surface area contributed by atoms with E-state index in [0.29, 0.717) is 6.42 Å². The highest BCUT2D eigenvalue weighted by Crippen LogP contribution is 2.48. The first-order valence-electron chi connectivity index (χ1n) is 9.23. The molecule has 1 aliphatic rings. The smallest absolute Gasteiger partial charge is 0.403 e. The Morgan fingerprint density at radius 2 is 1.68 bits per heavy atom. The van der Waals surface area contributed by atoms with Crippen LogP contribution in [0.4, 0.5) is 0 Å². The molecule has 0 bridgehead atoms. The van der Waals surface area contributed by atoms with Crippen molar-refractivity contribution in [3.63, 3.8) is 0 Å². The van der Waals surface area contributed by atoms with E-state index in [2.05, 4.69) is 26.0 Å². The number of hydrogen-bond donors (Lipinski definition) is 0. The number of carbonyl (C=O) groups is 1. The number of rotatable bonds is 7. The molecule has 0 amide bonds. The first-order valence-corrected chi connectivity index (χ1v) is 9.23. The summed E-state index contributed by atoms with van der Waals surface area (Å²) in [5.74, 6) is 0.110. The molecule has 0 saturated carbocycles. The van der Waals surface area contributed by atoms with Crippen LogP contribution in [-0.4, -0.2) is 24.1 Å². The summed E-state index contributed by atoms with van der Waals surface area (Å²) in [6.07, 6.45) is 6.66. The summed E-state index contributed by atoms with van der Waals surface area (Å²) in [5, 5.41) is -0.507. The number of allylic oxidation sites excluding steroid dienone is 2. The van der Waals surface area contributed by atoms with Crippen molar-refractivity contribution in [1.82, 2.24) is 0 Å². The van der Waals surface area contributed by atoms with E-state index in [4.69, 9.17) is 9.31 Å². The van der Waals surface area contributed by atoms with E-state index in [1.807, 2.05) is 58.0 Å². The number of carbonyl (C=O) groups excluding carboxylic acids is 1. The lowest BCUT2D eigenvalue weighted by molar-refractivity contribution is 0.00578. The average molecular weight is 342 g/mol. The van der Waals surface area contributed by atoms with Crippen LogP contribution in [0.15, 0.2) is 42.5 Å². The van der Waals surface area contributed by atoms with E-state index in [-0.39, 0.29) is 5.78 Å². The maximum atomic E-state index is 12.8. The van der Waals surface area contributed by atoms with Crippen molar-refractivity contribution in [2.24, 2.45) is 0 Å². The molecule has 1 heterocycles. The second-order valence-corrected chi connectivity index (χ2v) is 8.25. The summed E-state index contributed by atoms with van der Waals surface area (Å²) < 4.78 is 12.5. The van der Waals surface area contributed by atoms with E-state index in [1.165, 1.54) is 0 Å². The molecule has 1 atom stereocenters. The number of unbranched alkanes of at least 4 members (excludes halogenated alkanes) is 1. The molecule has 1 saturated heterocycles. The molecule has 1 fully saturated rings. The topological polar surface area (TPSA) is 35.5 Å². The lowest BCUT2D eigenvalue weighted by Crippen LogP contribution is -2.41. The summed E-state index contributed by atoms with van der Waals surface area (Å²) in [7, 11) is -0.446. The van der Waals surface area contributed by atoms with Crippen LogP contribution in [-0.2, 0) is 9.31 Å². The molecule has 136 valence electrons. The monoisotopic (exact) mass is 342 g/mol. The first kappa shape index (κ1) is 19.9. The van der Waals surface area contributed by atoms with Crippen molar-refractivity contribution >= 4 is 12.9 Å². The fraction of sp³-hybridized carbons (Fsp3) is 0.571. The maximum Gasteiger partial charge on any atom is 0.468 e. The van der Waals surface area contributed by atoms with Gasteiger partial charge in [-0.2, -0.15) is 0 Å². The molecular weight excluding hydrogens is 311 g/mol. The molecule has 0 unspecified atom stereocenters. The number of Topliss-reactive ketones (excluding diaryl/α,β-unsaturated/α-hetero) is 1. The summed E-state index contributed by atoms with van der Waals surface area (Å²) >= 11 is 0. The van der Waals surface area contributed by atoms with Gasteiger partial charge in [0.15, 0.2) is 5.78 Å². The van der Waals surface area contributed by atoms with Crippen LogP contribution in [0, 0.1) is 0 Å². The highest BCUT2D eigenvalue weighted by atomic mass is 16.7. The standard InChI is InChI=1S/C21H31BO3/c1-7-8-12-15-21(6,16-18(23)17-13-10-9-11-14-17)22-24-19(2,3)20(4,5)25-22/h9-15H,7-8,16H2,1-6H3/b15-12+/t21-/m1/s1. The third-order valence-corrected chi connectivity index (χ3v) is 5.38. The maximum absolute atomic E-state index is 12.8. The van der Waals surface area contributed by atoms with Gasteiger partial charge in [-0.25, -0.2) is 0 Å². The molecule has 0 aromatic heterocycles. The third kappa shape index (κ3) is 4.42. The van der Waals surface area contributed by atoms with Gasteiger partial charge in [0.25, 0.3) is 0 Å². The van der Waals surface area contributed by atoms with E-state index in [1.54, 1.807) is 0 Å². The molecule has 0 aliphatic carbocycles. The Kier molecular flexibility index (Phi) is 5.95. The van der Waals surface area contributed by atoms with Gasteiger partial charge < -0.3 is 9.31 Å². The van der Waals surface area contributed by atoms with Gasteiger partial charge in [-0.1, -0.05) is 62.8 Å². The minimum absolute atomic E-state index is 0.110. The molecule has 1 aromatic rings. The zero-order valence-corrected chi connectivity index (χ0v) is 16.5. The Hall–Kier alpha value is -1.39. The van der Waals surface area contributed by atoms with Crippen molar-refractivity contribution in [2.45, 2.75) is 77.3 Å². The molecule has 4 heteroatoms. The van der Waals surface area contributed by atoms with E-state index >= 15 is 0 Å². The normalized spacial score (nSPS) is 21.4. The van der Waals surface area contributed by atoms with Gasteiger partial charge in [-0.15, -0.1) is 0 Å². The number of ketones is 1. The van der Waals surface area contributed by atoms with Crippen LogP contribution >= 0.6 is 0 Å². The second kappa shape index (κ2) is 7.47. The van der Waals surface area contributed by atoms with Gasteiger partial charge in [0.1, 0.15) is 0 Å². The van der Waals surface area contributed by atoms with Crippen LogP contribution < -0.4 is 0 Å². The molecule has 1 aromatic carbocycles. The summed E-state index contributed by atoms with van der Waals surface area (Å²) in [4.78, 5) is 12.8. The van der Waals surface area contributed by atoms with Gasteiger partial charge in [-0.3, -0.25) is 4.79 Å². The summed E-state index contributed by atoms with van der Waals surface area (Å²) in [5.41, 5.74) is -0.0881. The van der Waals surface area contributed by atoms with Crippen molar-refractivity contribution < 1.29 is 14.1 Å². The molecule has 0 spiro atoms. The van der Waals surface area contributed by atoms with Crippen molar-refractivity contribution in [3.8, 4) is 0 Å².